The number of hydrogen-bond acceptors (Lipinski definition) is 4. The SMILES string of the molecule is CC1CC(O)(c2sccc2C(=O)O)CCO1. The quantitative estimate of drug-likeness (QED) is 0.830. The first-order valence-electron chi connectivity index (χ1n) is 5.18. The highest BCUT2D eigenvalue weighted by Crippen LogP contribution is 2.39. The molecule has 1 aliphatic heterocycles. The number of carbonyl (C=O) groups is 1. The zero-order chi connectivity index (χ0) is 11.8. The number of thiophene rings is 1. The van der Waals surface area contributed by atoms with Crippen LogP contribution < -0.4 is 0 Å². The molecule has 16 heavy (non-hydrogen) atoms. The van der Waals surface area contributed by atoms with Crippen molar-refractivity contribution in [3.8, 4) is 0 Å². The molecule has 1 fully saturated rings. The molecule has 2 heterocycles. The van der Waals surface area contributed by atoms with E-state index >= 15 is 0 Å². The number of hydrogen-bond donors (Lipinski definition) is 2. The van der Waals surface area contributed by atoms with Gasteiger partial charge in [-0.25, -0.2) is 4.79 Å². The van der Waals surface area contributed by atoms with Crippen LogP contribution in [-0.2, 0) is 10.3 Å². The van der Waals surface area contributed by atoms with E-state index in [-0.39, 0.29) is 11.7 Å². The lowest BCUT2D eigenvalue weighted by molar-refractivity contribution is -0.0997. The standard InChI is InChI=1S/C11H14O4S/c1-7-6-11(14,3-4-15-7)9-8(10(12)13)2-5-16-9/h2,5,7,14H,3-4,6H2,1H3,(H,12,13). The molecular formula is C11H14O4S. The van der Waals surface area contributed by atoms with Gasteiger partial charge in [0, 0.05) is 12.8 Å². The molecule has 0 saturated carbocycles. The van der Waals surface area contributed by atoms with Crippen molar-refractivity contribution in [3.63, 3.8) is 0 Å². The molecular weight excluding hydrogens is 228 g/mol. The molecule has 2 N–H and O–H groups in total. The van der Waals surface area contributed by atoms with Gasteiger partial charge in [-0.05, 0) is 18.4 Å². The van der Waals surface area contributed by atoms with Gasteiger partial charge in [-0.3, -0.25) is 0 Å². The Labute approximate surface area is 97.5 Å². The van der Waals surface area contributed by atoms with Crippen molar-refractivity contribution in [2.45, 2.75) is 31.5 Å². The largest absolute Gasteiger partial charge is 0.478 e. The van der Waals surface area contributed by atoms with Gasteiger partial charge in [0.25, 0.3) is 0 Å². The van der Waals surface area contributed by atoms with Crippen LogP contribution in [0.25, 0.3) is 0 Å². The molecule has 0 aliphatic carbocycles. The maximum Gasteiger partial charge on any atom is 0.336 e. The predicted octanol–water partition coefficient (Wildman–Crippen LogP) is 1.83. The minimum atomic E-state index is -1.04. The molecule has 5 heteroatoms. The number of aliphatic hydroxyl groups is 1. The topological polar surface area (TPSA) is 66.8 Å². The molecule has 2 unspecified atom stereocenters. The molecule has 0 radical (unpaired) electrons. The van der Waals surface area contributed by atoms with E-state index in [9.17, 15) is 9.90 Å². The lowest BCUT2D eigenvalue weighted by Gasteiger charge is -2.35. The van der Waals surface area contributed by atoms with Crippen molar-refractivity contribution in [2.24, 2.45) is 0 Å². The van der Waals surface area contributed by atoms with Crippen LogP contribution in [0.5, 0.6) is 0 Å². The second-order valence-electron chi connectivity index (χ2n) is 4.14. The van der Waals surface area contributed by atoms with Crippen molar-refractivity contribution in [3.05, 3.63) is 21.9 Å². The number of carboxylic acid groups (broad SMARTS) is 1. The Kier molecular flexibility index (Phi) is 3.01. The van der Waals surface area contributed by atoms with E-state index in [0.717, 1.165) is 0 Å². The summed E-state index contributed by atoms with van der Waals surface area (Å²) in [6.07, 6.45) is 0.869. The van der Waals surface area contributed by atoms with Crippen LogP contribution in [0.15, 0.2) is 11.4 Å². The fourth-order valence-electron chi connectivity index (χ4n) is 2.11. The average Bonchev–Trinajstić information content (AvgIpc) is 2.65. The van der Waals surface area contributed by atoms with Crippen LogP contribution >= 0.6 is 11.3 Å². The highest BCUT2D eigenvalue weighted by molar-refractivity contribution is 7.10. The molecule has 2 atom stereocenters. The molecule has 0 bridgehead atoms. The number of ether oxygens (including phenoxy) is 1. The molecule has 4 nitrogen and oxygen atoms in total. The van der Waals surface area contributed by atoms with E-state index in [1.807, 2.05) is 6.92 Å². The van der Waals surface area contributed by atoms with Crippen molar-refractivity contribution >= 4 is 17.3 Å². The molecule has 0 aromatic carbocycles. The monoisotopic (exact) mass is 242 g/mol. The van der Waals surface area contributed by atoms with E-state index < -0.39 is 11.6 Å². The Bertz CT molecular complexity index is 400. The summed E-state index contributed by atoms with van der Waals surface area (Å²) in [4.78, 5) is 11.6. The minimum Gasteiger partial charge on any atom is -0.478 e. The first-order valence-corrected chi connectivity index (χ1v) is 6.06. The minimum absolute atomic E-state index is 0.0394. The Morgan fingerprint density at radius 2 is 2.44 bits per heavy atom. The maximum absolute atomic E-state index is 11.0. The summed E-state index contributed by atoms with van der Waals surface area (Å²) in [5.41, 5.74) is -0.832. The molecule has 1 aromatic heterocycles. The van der Waals surface area contributed by atoms with E-state index in [4.69, 9.17) is 9.84 Å². The van der Waals surface area contributed by atoms with E-state index in [2.05, 4.69) is 0 Å². The Morgan fingerprint density at radius 3 is 3.06 bits per heavy atom. The second-order valence-corrected chi connectivity index (χ2v) is 5.05. The van der Waals surface area contributed by atoms with Gasteiger partial charge in [0.05, 0.1) is 23.2 Å². The van der Waals surface area contributed by atoms with Crippen LogP contribution in [-0.4, -0.2) is 28.9 Å². The Hall–Kier alpha value is -0.910. The van der Waals surface area contributed by atoms with Gasteiger partial charge in [0.15, 0.2) is 0 Å². The fraction of sp³-hybridized carbons (Fsp3) is 0.545. The van der Waals surface area contributed by atoms with Crippen LogP contribution in [0.2, 0.25) is 0 Å². The third-order valence-corrected chi connectivity index (χ3v) is 3.97. The summed E-state index contributed by atoms with van der Waals surface area (Å²) in [5, 5.41) is 21.2. The summed E-state index contributed by atoms with van der Waals surface area (Å²) in [7, 11) is 0. The van der Waals surface area contributed by atoms with Gasteiger partial charge < -0.3 is 14.9 Å². The normalized spacial score (nSPS) is 30.2. The highest BCUT2D eigenvalue weighted by atomic mass is 32.1. The zero-order valence-corrected chi connectivity index (χ0v) is 9.79. The molecule has 1 aliphatic rings. The first kappa shape index (κ1) is 11.6. The number of rotatable bonds is 2. The predicted molar refractivity (Wildman–Crippen MR) is 59.8 cm³/mol. The van der Waals surface area contributed by atoms with Gasteiger partial charge in [-0.1, -0.05) is 0 Å². The maximum atomic E-state index is 11.0. The van der Waals surface area contributed by atoms with E-state index in [1.165, 1.54) is 11.3 Å². The summed E-state index contributed by atoms with van der Waals surface area (Å²) >= 11 is 1.30. The van der Waals surface area contributed by atoms with Crippen LogP contribution in [0, 0.1) is 0 Å². The van der Waals surface area contributed by atoms with Crippen LogP contribution in [0.3, 0.4) is 0 Å². The van der Waals surface area contributed by atoms with Gasteiger partial charge in [-0.15, -0.1) is 11.3 Å². The smallest absolute Gasteiger partial charge is 0.336 e. The Morgan fingerprint density at radius 1 is 1.69 bits per heavy atom. The second kappa shape index (κ2) is 4.16. The third-order valence-electron chi connectivity index (χ3n) is 2.86. The van der Waals surface area contributed by atoms with Gasteiger partial charge in [0.2, 0.25) is 0 Å². The van der Waals surface area contributed by atoms with E-state index in [1.54, 1.807) is 11.4 Å². The Balaban J connectivity index is 2.34. The molecule has 2 rings (SSSR count). The van der Waals surface area contributed by atoms with Gasteiger partial charge in [0.1, 0.15) is 5.60 Å². The molecule has 0 spiro atoms. The lowest BCUT2D eigenvalue weighted by atomic mass is 9.87. The summed E-state index contributed by atoms with van der Waals surface area (Å²) in [5.74, 6) is -0.983. The average molecular weight is 242 g/mol. The summed E-state index contributed by atoms with van der Waals surface area (Å²) < 4.78 is 5.37. The van der Waals surface area contributed by atoms with Crippen molar-refractivity contribution in [1.29, 1.82) is 0 Å². The molecule has 88 valence electrons. The molecule has 0 amide bonds. The molecule has 1 saturated heterocycles. The van der Waals surface area contributed by atoms with Crippen molar-refractivity contribution in [1.82, 2.24) is 0 Å². The fourth-order valence-corrected chi connectivity index (χ4v) is 3.14. The van der Waals surface area contributed by atoms with Crippen molar-refractivity contribution in [2.75, 3.05) is 6.61 Å². The zero-order valence-electron chi connectivity index (χ0n) is 8.97. The molecule has 1 aromatic rings. The highest BCUT2D eigenvalue weighted by Gasteiger charge is 2.38. The number of aromatic carboxylic acids is 1. The summed E-state index contributed by atoms with van der Waals surface area (Å²) in [6, 6.07) is 1.54. The third kappa shape index (κ3) is 1.98. The number of carboxylic acids is 1. The van der Waals surface area contributed by atoms with Crippen LogP contribution in [0.4, 0.5) is 0 Å². The van der Waals surface area contributed by atoms with E-state index in [0.29, 0.717) is 24.3 Å². The van der Waals surface area contributed by atoms with Gasteiger partial charge >= 0.3 is 5.97 Å². The summed E-state index contributed by atoms with van der Waals surface area (Å²) in [6.45, 7) is 2.35. The van der Waals surface area contributed by atoms with Gasteiger partial charge in [-0.2, -0.15) is 0 Å². The lowest BCUT2D eigenvalue weighted by Crippen LogP contribution is -2.37. The van der Waals surface area contributed by atoms with Crippen molar-refractivity contribution < 1.29 is 19.7 Å². The van der Waals surface area contributed by atoms with Crippen LogP contribution in [0.1, 0.15) is 35.0 Å². The first-order chi connectivity index (χ1) is 7.53.